The van der Waals surface area contributed by atoms with Crippen LogP contribution in [0.5, 0.6) is 0 Å². The summed E-state index contributed by atoms with van der Waals surface area (Å²) < 4.78 is 11.9. The van der Waals surface area contributed by atoms with E-state index in [0.29, 0.717) is 18.4 Å². The monoisotopic (exact) mass is 347 g/mol. The van der Waals surface area contributed by atoms with E-state index in [1.807, 2.05) is 18.7 Å². The van der Waals surface area contributed by atoms with Crippen LogP contribution in [0.2, 0.25) is 0 Å². The lowest BCUT2D eigenvalue weighted by Crippen LogP contribution is -2.38. The van der Waals surface area contributed by atoms with Crippen molar-refractivity contribution in [2.45, 2.75) is 76.2 Å². The third kappa shape index (κ3) is 3.09. The zero-order valence-electron chi connectivity index (χ0n) is 15.6. The van der Waals surface area contributed by atoms with Gasteiger partial charge in [-0.3, -0.25) is 4.79 Å². The highest BCUT2D eigenvalue weighted by molar-refractivity contribution is 5.78. The van der Waals surface area contributed by atoms with Gasteiger partial charge in [0.2, 0.25) is 17.7 Å². The van der Waals surface area contributed by atoms with Crippen molar-refractivity contribution in [2.75, 3.05) is 19.7 Å². The minimum Gasteiger partial charge on any atom is -0.424 e. The summed E-state index contributed by atoms with van der Waals surface area (Å²) in [5.41, 5.74) is -0.384. The maximum atomic E-state index is 12.7. The largest absolute Gasteiger partial charge is 0.424 e. The van der Waals surface area contributed by atoms with Crippen LogP contribution in [-0.2, 0) is 14.9 Å². The van der Waals surface area contributed by atoms with E-state index in [0.717, 1.165) is 50.4 Å². The van der Waals surface area contributed by atoms with Crippen molar-refractivity contribution >= 4 is 5.91 Å². The van der Waals surface area contributed by atoms with E-state index in [1.165, 1.54) is 6.42 Å². The van der Waals surface area contributed by atoms with Crippen molar-refractivity contribution in [3.05, 3.63) is 11.8 Å². The lowest BCUT2D eigenvalue weighted by molar-refractivity contribution is -0.141. The Morgan fingerprint density at radius 3 is 2.88 bits per heavy atom. The number of hydrogen-bond acceptors (Lipinski definition) is 5. The van der Waals surface area contributed by atoms with Gasteiger partial charge >= 0.3 is 0 Å². The molecule has 2 atom stereocenters. The van der Waals surface area contributed by atoms with Crippen LogP contribution >= 0.6 is 0 Å². The third-order valence-electron chi connectivity index (χ3n) is 6.45. The summed E-state index contributed by atoms with van der Waals surface area (Å²) in [4.78, 5) is 14.6. The lowest BCUT2D eigenvalue weighted by atomic mass is 9.80. The van der Waals surface area contributed by atoms with Crippen molar-refractivity contribution in [1.29, 1.82) is 0 Å². The number of nitrogens with zero attached hydrogens (tertiary/aromatic N) is 3. The van der Waals surface area contributed by atoms with Crippen molar-refractivity contribution in [3.8, 4) is 0 Å². The van der Waals surface area contributed by atoms with E-state index in [2.05, 4.69) is 17.1 Å². The second-order valence-corrected chi connectivity index (χ2v) is 8.64. The average Bonchev–Trinajstić information content (AvgIpc) is 3.03. The minimum absolute atomic E-state index is 0.0808. The molecule has 0 N–H and O–H groups in total. The van der Waals surface area contributed by atoms with Gasteiger partial charge in [0.1, 0.15) is 6.61 Å². The van der Waals surface area contributed by atoms with Crippen LogP contribution in [0.15, 0.2) is 4.42 Å². The van der Waals surface area contributed by atoms with Gasteiger partial charge in [0.05, 0.1) is 11.0 Å². The molecule has 0 bridgehead atoms. The van der Waals surface area contributed by atoms with Gasteiger partial charge in [-0.05, 0) is 51.9 Å². The Labute approximate surface area is 149 Å². The summed E-state index contributed by atoms with van der Waals surface area (Å²) in [6.45, 7) is 7.76. The van der Waals surface area contributed by atoms with Crippen molar-refractivity contribution in [2.24, 2.45) is 5.92 Å². The van der Waals surface area contributed by atoms with Crippen LogP contribution in [0, 0.1) is 5.92 Å². The lowest BCUT2D eigenvalue weighted by Gasteiger charge is -2.26. The first-order valence-electron chi connectivity index (χ1n) is 9.69. The predicted octanol–water partition coefficient (Wildman–Crippen LogP) is 3.03. The first-order valence-corrected chi connectivity index (χ1v) is 9.69. The molecule has 2 heterocycles. The molecular formula is C19H29N3O3. The van der Waals surface area contributed by atoms with Crippen molar-refractivity contribution < 1.29 is 13.9 Å². The van der Waals surface area contributed by atoms with E-state index in [1.54, 1.807) is 0 Å². The molecule has 3 fully saturated rings. The van der Waals surface area contributed by atoms with Gasteiger partial charge in [-0.25, -0.2) is 0 Å². The fourth-order valence-electron chi connectivity index (χ4n) is 4.21. The summed E-state index contributed by atoms with van der Waals surface area (Å²) in [6, 6.07) is 0. The SMILES string of the molecule is CCC(C)(C)OCC(=O)N1C[C@@H]2CCC[C@]2(c2nnc(C3CC3)o2)C1. The minimum atomic E-state index is -0.255. The topological polar surface area (TPSA) is 68.5 Å². The summed E-state index contributed by atoms with van der Waals surface area (Å²) in [5, 5.41) is 8.68. The second-order valence-electron chi connectivity index (χ2n) is 8.64. The Kier molecular flexibility index (Phi) is 4.13. The number of carbonyl (C=O) groups excluding carboxylic acids is 1. The van der Waals surface area contributed by atoms with E-state index < -0.39 is 0 Å². The number of ether oxygens (including phenoxy) is 1. The molecule has 25 heavy (non-hydrogen) atoms. The molecule has 2 saturated carbocycles. The van der Waals surface area contributed by atoms with Gasteiger partial charge in [-0.15, -0.1) is 10.2 Å². The molecule has 1 aromatic heterocycles. The van der Waals surface area contributed by atoms with Gasteiger partial charge in [0.25, 0.3) is 0 Å². The molecule has 138 valence electrons. The Bertz CT molecular complexity index is 652. The van der Waals surface area contributed by atoms with Gasteiger partial charge in [0.15, 0.2) is 0 Å². The summed E-state index contributed by atoms with van der Waals surface area (Å²) in [6.07, 6.45) is 6.55. The third-order valence-corrected chi connectivity index (χ3v) is 6.45. The Morgan fingerprint density at radius 2 is 2.16 bits per heavy atom. The number of fused-ring (bicyclic) bond motifs is 1. The quantitative estimate of drug-likeness (QED) is 0.791. The van der Waals surface area contributed by atoms with Crippen LogP contribution in [0.4, 0.5) is 0 Å². The number of likely N-dealkylation sites (tertiary alicyclic amines) is 1. The van der Waals surface area contributed by atoms with E-state index >= 15 is 0 Å². The van der Waals surface area contributed by atoms with Gasteiger partial charge in [0, 0.05) is 19.0 Å². The van der Waals surface area contributed by atoms with Crippen molar-refractivity contribution in [3.63, 3.8) is 0 Å². The molecule has 6 nitrogen and oxygen atoms in total. The molecule has 4 rings (SSSR count). The smallest absolute Gasteiger partial charge is 0.248 e. The molecule has 0 aromatic carbocycles. The summed E-state index contributed by atoms with van der Waals surface area (Å²) in [5.74, 6) is 2.55. The average molecular weight is 347 g/mol. The molecule has 0 spiro atoms. The second kappa shape index (κ2) is 6.08. The summed E-state index contributed by atoms with van der Waals surface area (Å²) in [7, 11) is 0. The Morgan fingerprint density at radius 1 is 1.36 bits per heavy atom. The van der Waals surface area contributed by atoms with Gasteiger partial charge < -0.3 is 14.1 Å². The van der Waals surface area contributed by atoms with Crippen LogP contribution in [-0.4, -0.2) is 46.3 Å². The predicted molar refractivity (Wildman–Crippen MR) is 92.2 cm³/mol. The fraction of sp³-hybridized carbons (Fsp3) is 0.842. The highest BCUT2D eigenvalue weighted by Gasteiger charge is 2.55. The molecule has 1 saturated heterocycles. The first kappa shape index (κ1) is 17.0. The molecular weight excluding hydrogens is 318 g/mol. The molecule has 6 heteroatoms. The summed E-state index contributed by atoms with van der Waals surface area (Å²) >= 11 is 0. The van der Waals surface area contributed by atoms with E-state index in [9.17, 15) is 4.79 Å². The fourth-order valence-corrected chi connectivity index (χ4v) is 4.21. The standard InChI is InChI=1S/C19H29N3O3/c1-4-18(2,3)24-11-15(23)22-10-14-6-5-9-19(14,12-22)17-21-20-16(25-17)13-7-8-13/h13-14H,4-12H2,1-3H3/t14-,19-/m0/s1. The van der Waals surface area contributed by atoms with Crippen LogP contribution in [0.25, 0.3) is 0 Å². The number of aromatic nitrogens is 2. The molecule has 0 unspecified atom stereocenters. The molecule has 1 aliphatic heterocycles. The van der Waals surface area contributed by atoms with Crippen molar-refractivity contribution in [1.82, 2.24) is 15.1 Å². The number of rotatable bonds is 6. The molecule has 0 radical (unpaired) electrons. The maximum absolute atomic E-state index is 12.7. The van der Waals surface area contributed by atoms with Crippen LogP contribution in [0.3, 0.4) is 0 Å². The number of hydrogen-bond donors (Lipinski definition) is 0. The Hall–Kier alpha value is -1.43. The van der Waals surface area contributed by atoms with Crippen LogP contribution in [0.1, 0.15) is 77.0 Å². The van der Waals surface area contributed by atoms with E-state index in [4.69, 9.17) is 9.15 Å². The zero-order valence-corrected chi connectivity index (χ0v) is 15.6. The zero-order chi connectivity index (χ0) is 17.7. The van der Waals surface area contributed by atoms with Gasteiger partial charge in [-0.2, -0.15) is 0 Å². The molecule has 1 amide bonds. The highest BCUT2D eigenvalue weighted by Crippen LogP contribution is 2.51. The molecule has 2 aliphatic carbocycles. The van der Waals surface area contributed by atoms with Gasteiger partial charge in [-0.1, -0.05) is 13.3 Å². The highest BCUT2D eigenvalue weighted by atomic mass is 16.5. The number of amides is 1. The Balaban J connectivity index is 1.46. The maximum Gasteiger partial charge on any atom is 0.248 e. The number of carbonyl (C=O) groups is 1. The van der Waals surface area contributed by atoms with Crippen LogP contribution < -0.4 is 0 Å². The normalized spacial score (nSPS) is 29.2. The van der Waals surface area contributed by atoms with E-state index in [-0.39, 0.29) is 23.5 Å². The molecule has 3 aliphatic rings. The first-order chi connectivity index (χ1) is 11.9. The molecule has 1 aromatic rings.